The predicted molar refractivity (Wildman–Crippen MR) is 99.2 cm³/mol. The van der Waals surface area contributed by atoms with Gasteiger partial charge in [-0.2, -0.15) is 4.31 Å². The zero-order chi connectivity index (χ0) is 20.5. The van der Waals surface area contributed by atoms with Crippen molar-refractivity contribution in [3.63, 3.8) is 0 Å². The van der Waals surface area contributed by atoms with Crippen molar-refractivity contribution in [3.05, 3.63) is 69.0 Å². The van der Waals surface area contributed by atoms with E-state index in [2.05, 4.69) is 0 Å². The van der Waals surface area contributed by atoms with Crippen molar-refractivity contribution in [1.82, 2.24) is 9.21 Å². The van der Waals surface area contributed by atoms with E-state index in [4.69, 9.17) is 11.6 Å². The maximum Gasteiger partial charge on any atom is 0.283 e. The molecule has 148 valence electrons. The highest BCUT2D eigenvalue weighted by Crippen LogP contribution is 2.26. The molecule has 1 aliphatic heterocycles. The summed E-state index contributed by atoms with van der Waals surface area (Å²) >= 11 is 5.76. The Bertz CT molecular complexity index is 1040. The zero-order valence-electron chi connectivity index (χ0n) is 14.4. The van der Waals surface area contributed by atoms with Crippen molar-refractivity contribution in [2.75, 3.05) is 26.2 Å². The van der Waals surface area contributed by atoms with Crippen molar-refractivity contribution in [3.8, 4) is 0 Å². The van der Waals surface area contributed by atoms with Crippen LogP contribution in [0.5, 0.6) is 0 Å². The van der Waals surface area contributed by atoms with Gasteiger partial charge in [-0.05, 0) is 24.3 Å². The molecule has 1 aliphatic rings. The third kappa shape index (κ3) is 3.84. The first kappa shape index (κ1) is 20.2. The van der Waals surface area contributed by atoms with Gasteiger partial charge in [-0.1, -0.05) is 23.7 Å². The van der Waals surface area contributed by atoms with Crippen molar-refractivity contribution in [2.24, 2.45) is 0 Å². The number of halogens is 2. The minimum absolute atomic E-state index is 0.0201. The van der Waals surface area contributed by atoms with E-state index < -0.39 is 37.3 Å². The summed E-state index contributed by atoms with van der Waals surface area (Å²) in [6.45, 7) is -0.0633. The Hall–Kier alpha value is -2.56. The summed E-state index contributed by atoms with van der Waals surface area (Å²) in [5.74, 6) is -1.44. The van der Waals surface area contributed by atoms with E-state index in [1.54, 1.807) is 0 Å². The largest absolute Gasteiger partial charge is 0.336 e. The summed E-state index contributed by atoms with van der Waals surface area (Å²) in [6.07, 6.45) is 0. The first-order valence-corrected chi connectivity index (χ1v) is 10.0. The van der Waals surface area contributed by atoms with Crippen LogP contribution < -0.4 is 0 Å². The van der Waals surface area contributed by atoms with Crippen molar-refractivity contribution >= 4 is 33.2 Å². The summed E-state index contributed by atoms with van der Waals surface area (Å²) in [5, 5.41) is 11.3. The van der Waals surface area contributed by atoms with Crippen LogP contribution in [0.25, 0.3) is 0 Å². The number of hydrogen-bond donors (Lipinski definition) is 0. The number of carbonyl (C=O) groups is 1. The number of hydrogen-bond acceptors (Lipinski definition) is 5. The average Bonchev–Trinajstić information content (AvgIpc) is 2.67. The molecule has 0 saturated carbocycles. The summed E-state index contributed by atoms with van der Waals surface area (Å²) < 4.78 is 40.2. The van der Waals surface area contributed by atoms with E-state index in [0.29, 0.717) is 0 Å². The lowest BCUT2D eigenvalue weighted by atomic mass is 10.1. The van der Waals surface area contributed by atoms with Crippen LogP contribution in [0.15, 0.2) is 47.4 Å². The molecule has 0 unspecified atom stereocenters. The Kier molecular flexibility index (Phi) is 5.64. The lowest BCUT2D eigenvalue weighted by Crippen LogP contribution is -2.50. The van der Waals surface area contributed by atoms with Crippen LogP contribution in [0.2, 0.25) is 5.02 Å². The number of nitro benzene ring substituents is 1. The second-order valence-electron chi connectivity index (χ2n) is 6.05. The Labute approximate surface area is 165 Å². The molecule has 28 heavy (non-hydrogen) atoms. The van der Waals surface area contributed by atoms with Gasteiger partial charge in [0, 0.05) is 37.3 Å². The smallest absolute Gasteiger partial charge is 0.283 e. The number of benzene rings is 2. The molecule has 0 aromatic heterocycles. The number of nitrogens with zero attached hydrogens (tertiary/aromatic N) is 3. The van der Waals surface area contributed by atoms with Crippen LogP contribution in [0.3, 0.4) is 0 Å². The lowest BCUT2D eigenvalue weighted by Gasteiger charge is -2.34. The Morgan fingerprint density at radius 1 is 1.11 bits per heavy atom. The van der Waals surface area contributed by atoms with E-state index in [0.717, 1.165) is 16.4 Å². The number of sulfonamides is 1. The van der Waals surface area contributed by atoms with Crippen LogP contribution in [-0.4, -0.2) is 54.6 Å². The molecule has 1 saturated heterocycles. The highest BCUT2D eigenvalue weighted by atomic mass is 35.5. The van der Waals surface area contributed by atoms with E-state index in [1.807, 2.05) is 0 Å². The Morgan fingerprint density at radius 2 is 1.75 bits per heavy atom. The van der Waals surface area contributed by atoms with E-state index >= 15 is 0 Å². The van der Waals surface area contributed by atoms with Gasteiger partial charge in [0.1, 0.15) is 16.3 Å². The molecule has 3 rings (SSSR count). The quantitative estimate of drug-likeness (QED) is 0.551. The molecule has 11 heteroatoms. The predicted octanol–water partition coefficient (Wildman–Crippen LogP) is 2.53. The van der Waals surface area contributed by atoms with Gasteiger partial charge in [0.2, 0.25) is 10.0 Å². The van der Waals surface area contributed by atoms with E-state index in [-0.39, 0.29) is 36.8 Å². The van der Waals surface area contributed by atoms with E-state index in [9.17, 15) is 27.7 Å². The van der Waals surface area contributed by atoms with Gasteiger partial charge in [0.15, 0.2) is 0 Å². The molecule has 0 atom stereocenters. The van der Waals surface area contributed by atoms with Crippen LogP contribution in [0.4, 0.5) is 10.1 Å². The van der Waals surface area contributed by atoms with Gasteiger partial charge in [0.25, 0.3) is 11.6 Å². The molecule has 0 spiro atoms. The third-order valence-electron chi connectivity index (χ3n) is 4.37. The highest BCUT2D eigenvalue weighted by Gasteiger charge is 2.33. The fraction of sp³-hybridized carbons (Fsp3) is 0.235. The molecule has 0 bridgehead atoms. The summed E-state index contributed by atoms with van der Waals surface area (Å²) in [7, 11) is -4.04. The number of carbonyl (C=O) groups excluding carboxylic acids is 1. The minimum atomic E-state index is -4.04. The minimum Gasteiger partial charge on any atom is -0.336 e. The van der Waals surface area contributed by atoms with Gasteiger partial charge in [0.05, 0.1) is 4.92 Å². The SMILES string of the molecule is O=C(c1ccc(Cl)cc1[N+](=O)[O-])N1CCN(S(=O)(=O)c2ccccc2F)CC1. The standard InChI is InChI=1S/C17H15ClFN3O5S/c18-12-5-6-13(15(11-12)22(24)25)17(23)20-7-9-21(10-8-20)28(26,27)16-4-2-1-3-14(16)19/h1-6,11H,7-10H2. The molecular formula is C17H15ClFN3O5S. The number of amides is 1. The molecule has 2 aromatic rings. The average molecular weight is 428 g/mol. The number of nitro groups is 1. The summed E-state index contributed by atoms with van der Waals surface area (Å²) in [6, 6.07) is 8.80. The topological polar surface area (TPSA) is 101 Å². The first-order valence-electron chi connectivity index (χ1n) is 8.19. The van der Waals surface area contributed by atoms with Gasteiger partial charge in [-0.15, -0.1) is 0 Å². The van der Waals surface area contributed by atoms with Crippen molar-refractivity contribution in [2.45, 2.75) is 4.90 Å². The molecular weight excluding hydrogens is 413 g/mol. The molecule has 1 fully saturated rings. The monoisotopic (exact) mass is 427 g/mol. The third-order valence-corrected chi connectivity index (χ3v) is 6.53. The van der Waals surface area contributed by atoms with Crippen molar-refractivity contribution in [1.29, 1.82) is 0 Å². The second-order valence-corrected chi connectivity index (χ2v) is 8.39. The summed E-state index contributed by atoms with van der Waals surface area (Å²) in [5.41, 5.74) is -0.543. The van der Waals surface area contributed by atoms with Crippen LogP contribution in [-0.2, 0) is 10.0 Å². The Morgan fingerprint density at radius 3 is 2.36 bits per heavy atom. The fourth-order valence-corrected chi connectivity index (χ4v) is 4.59. The van der Waals surface area contributed by atoms with Gasteiger partial charge >= 0.3 is 0 Å². The van der Waals surface area contributed by atoms with Gasteiger partial charge in [-0.3, -0.25) is 14.9 Å². The van der Waals surface area contributed by atoms with Crippen LogP contribution in [0.1, 0.15) is 10.4 Å². The molecule has 0 aliphatic carbocycles. The first-order chi connectivity index (χ1) is 13.2. The van der Waals surface area contributed by atoms with Crippen molar-refractivity contribution < 1.29 is 22.5 Å². The Balaban J connectivity index is 1.77. The fourth-order valence-electron chi connectivity index (χ4n) is 2.93. The molecule has 0 N–H and O–H groups in total. The second kappa shape index (κ2) is 7.82. The number of piperazine rings is 1. The van der Waals surface area contributed by atoms with E-state index in [1.165, 1.54) is 35.2 Å². The van der Waals surface area contributed by atoms with Crippen LogP contribution >= 0.6 is 11.6 Å². The molecule has 1 heterocycles. The molecule has 1 amide bonds. The van der Waals surface area contributed by atoms with Gasteiger partial charge in [-0.25, -0.2) is 12.8 Å². The normalized spacial score (nSPS) is 15.4. The van der Waals surface area contributed by atoms with Gasteiger partial charge < -0.3 is 4.90 Å². The van der Waals surface area contributed by atoms with Crippen LogP contribution in [0, 0.1) is 15.9 Å². The zero-order valence-corrected chi connectivity index (χ0v) is 16.0. The highest BCUT2D eigenvalue weighted by molar-refractivity contribution is 7.89. The number of rotatable bonds is 4. The molecule has 8 nitrogen and oxygen atoms in total. The lowest BCUT2D eigenvalue weighted by molar-refractivity contribution is -0.385. The maximum atomic E-state index is 13.9. The molecule has 0 radical (unpaired) electrons. The molecule has 2 aromatic carbocycles. The summed E-state index contributed by atoms with van der Waals surface area (Å²) in [4.78, 5) is 24.1. The maximum absolute atomic E-state index is 13.9.